The molecule has 1 fully saturated rings. The highest BCUT2D eigenvalue weighted by atomic mass is 32.2. The lowest BCUT2D eigenvalue weighted by molar-refractivity contribution is -0.118. The largest absolute Gasteiger partial charge is 0.325 e. The van der Waals surface area contributed by atoms with E-state index in [4.69, 9.17) is 0 Å². The molecule has 10 heteroatoms. The number of anilines is 1. The second-order valence-corrected chi connectivity index (χ2v) is 7.01. The number of hydrogen-bond donors (Lipinski definition) is 5. The molecule has 0 spiro atoms. The molecule has 0 aliphatic carbocycles. The van der Waals surface area contributed by atoms with Crippen LogP contribution in [-0.2, 0) is 14.8 Å². The predicted molar refractivity (Wildman–Crippen MR) is 88.8 cm³/mol. The van der Waals surface area contributed by atoms with Crippen LogP contribution >= 0.6 is 0 Å². The summed E-state index contributed by atoms with van der Waals surface area (Å²) in [5.74, 6) is -0.918. The molecule has 2 unspecified atom stereocenters. The molecule has 0 radical (unpaired) electrons. The minimum Gasteiger partial charge on any atom is -0.325 e. The van der Waals surface area contributed by atoms with Crippen molar-refractivity contribution < 1.29 is 17.6 Å². The Labute approximate surface area is 143 Å². The van der Waals surface area contributed by atoms with Crippen molar-refractivity contribution in [3.05, 3.63) is 60.4 Å². The topological polar surface area (TPSA) is 111 Å². The molecule has 1 saturated heterocycles. The number of carbonyl (C=O) groups excluding carboxylic acids is 1. The normalized spacial score (nSPS) is 20.4. The molecular formula is C15H16FN5O3S. The average Bonchev–Trinajstić information content (AvgIpc) is 3.05. The minimum absolute atomic E-state index is 0.0846. The van der Waals surface area contributed by atoms with Crippen molar-refractivity contribution in [3.63, 3.8) is 0 Å². The Morgan fingerprint density at radius 2 is 1.68 bits per heavy atom. The molecule has 3 rings (SSSR count). The van der Waals surface area contributed by atoms with E-state index in [0.717, 1.165) is 0 Å². The first kappa shape index (κ1) is 17.5. The zero-order valence-corrected chi connectivity index (χ0v) is 13.7. The first-order valence-electron chi connectivity index (χ1n) is 7.35. The molecule has 1 aliphatic rings. The van der Waals surface area contributed by atoms with Crippen LogP contribution in [0.1, 0.15) is 0 Å². The Morgan fingerprint density at radius 3 is 2.36 bits per heavy atom. The molecule has 1 aliphatic heterocycles. The van der Waals surface area contributed by atoms with Gasteiger partial charge in [-0.1, -0.05) is 18.2 Å². The summed E-state index contributed by atoms with van der Waals surface area (Å²) >= 11 is 0. The summed E-state index contributed by atoms with van der Waals surface area (Å²) < 4.78 is 40.1. The van der Waals surface area contributed by atoms with Crippen molar-refractivity contribution in [2.45, 2.75) is 17.1 Å². The molecule has 0 bridgehead atoms. The van der Waals surface area contributed by atoms with Crippen molar-refractivity contribution in [2.24, 2.45) is 0 Å². The number of sulfonamides is 1. The molecule has 1 amide bonds. The van der Waals surface area contributed by atoms with Crippen molar-refractivity contribution in [2.75, 3.05) is 5.32 Å². The van der Waals surface area contributed by atoms with Gasteiger partial charge in [0.2, 0.25) is 15.9 Å². The minimum atomic E-state index is -3.81. The van der Waals surface area contributed by atoms with E-state index in [1.807, 2.05) is 0 Å². The number of nitrogens with one attached hydrogen (secondary N) is 5. The van der Waals surface area contributed by atoms with Crippen molar-refractivity contribution >= 4 is 21.6 Å². The van der Waals surface area contributed by atoms with E-state index in [9.17, 15) is 17.6 Å². The van der Waals surface area contributed by atoms with Gasteiger partial charge in [0.15, 0.2) is 0 Å². The first-order valence-corrected chi connectivity index (χ1v) is 8.84. The lowest BCUT2D eigenvalue weighted by atomic mass is 10.2. The summed E-state index contributed by atoms with van der Waals surface area (Å²) in [4.78, 5) is 12.4. The van der Waals surface area contributed by atoms with E-state index in [1.165, 1.54) is 36.4 Å². The quantitative estimate of drug-likeness (QED) is 0.512. The van der Waals surface area contributed by atoms with Crippen LogP contribution in [0.5, 0.6) is 0 Å². The van der Waals surface area contributed by atoms with Gasteiger partial charge < -0.3 is 5.32 Å². The van der Waals surface area contributed by atoms with Crippen molar-refractivity contribution in [1.29, 1.82) is 0 Å². The first-order chi connectivity index (χ1) is 12.0. The monoisotopic (exact) mass is 365 g/mol. The lowest BCUT2D eigenvalue weighted by Crippen LogP contribution is -2.53. The molecule has 5 N–H and O–H groups in total. The lowest BCUT2D eigenvalue weighted by Gasteiger charge is -2.19. The molecule has 0 saturated carbocycles. The zero-order valence-electron chi connectivity index (χ0n) is 12.9. The number of rotatable bonds is 5. The third kappa shape index (κ3) is 4.18. The van der Waals surface area contributed by atoms with E-state index < -0.39 is 34.0 Å². The molecule has 2 aromatic carbocycles. The number of halogens is 1. The number of hydrogen-bond acceptors (Lipinski definition) is 6. The Hall–Kier alpha value is -2.37. The Bertz CT molecular complexity index is 845. The SMILES string of the molecule is O=C(Nc1ccc(F)cc1)C1NNNC1NS(=O)(=O)c1ccccc1. The predicted octanol–water partition coefficient (Wildman–Crippen LogP) is 0.0498. The van der Waals surface area contributed by atoms with Crippen LogP contribution in [0.3, 0.4) is 0 Å². The Balaban J connectivity index is 1.70. The van der Waals surface area contributed by atoms with E-state index in [2.05, 4.69) is 26.4 Å². The highest BCUT2D eigenvalue weighted by Gasteiger charge is 2.35. The van der Waals surface area contributed by atoms with E-state index in [-0.39, 0.29) is 4.90 Å². The summed E-state index contributed by atoms with van der Waals surface area (Å²) in [5, 5.41) is 2.58. The van der Waals surface area contributed by atoms with Gasteiger partial charge in [0.05, 0.1) is 4.90 Å². The van der Waals surface area contributed by atoms with Gasteiger partial charge in [0.1, 0.15) is 18.0 Å². The Kier molecular flexibility index (Phi) is 5.06. The summed E-state index contributed by atoms with van der Waals surface area (Å²) in [6.45, 7) is 0. The van der Waals surface area contributed by atoms with Gasteiger partial charge in [0, 0.05) is 5.69 Å². The Morgan fingerprint density at radius 1 is 1.00 bits per heavy atom. The van der Waals surface area contributed by atoms with Crippen LogP contribution in [-0.4, -0.2) is 26.5 Å². The van der Waals surface area contributed by atoms with Gasteiger partial charge >= 0.3 is 0 Å². The number of carbonyl (C=O) groups is 1. The maximum atomic E-state index is 12.9. The second-order valence-electron chi connectivity index (χ2n) is 5.30. The van der Waals surface area contributed by atoms with Crippen LogP contribution in [0, 0.1) is 5.82 Å². The molecule has 1 heterocycles. The molecular weight excluding hydrogens is 349 g/mol. The van der Waals surface area contributed by atoms with Gasteiger partial charge in [-0.3, -0.25) is 4.79 Å². The fraction of sp³-hybridized carbons (Fsp3) is 0.133. The standard InChI is InChI=1S/C15H16FN5O3S/c16-10-6-8-11(9-7-10)17-15(22)13-14(19-21-18-13)20-25(23,24)12-4-2-1-3-5-12/h1-9,13-14,18-21H,(H,17,22). The molecule has 25 heavy (non-hydrogen) atoms. The van der Waals surface area contributed by atoms with Crippen molar-refractivity contribution in [3.8, 4) is 0 Å². The fourth-order valence-corrected chi connectivity index (χ4v) is 3.45. The molecule has 0 aromatic heterocycles. The summed E-state index contributed by atoms with van der Waals surface area (Å²) in [7, 11) is -3.81. The smallest absolute Gasteiger partial charge is 0.246 e. The van der Waals surface area contributed by atoms with Crippen LogP contribution in [0.4, 0.5) is 10.1 Å². The van der Waals surface area contributed by atoms with Crippen LogP contribution in [0.2, 0.25) is 0 Å². The van der Waals surface area contributed by atoms with Crippen molar-refractivity contribution in [1.82, 2.24) is 21.1 Å². The average molecular weight is 365 g/mol. The van der Waals surface area contributed by atoms with Gasteiger partial charge in [-0.2, -0.15) is 10.3 Å². The highest BCUT2D eigenvalue weighted by Crippen LogP contribution is 2.12. The third-order valence-electron chi connectivity index (χ3n) is 3.52. The van der Waals surface area contributed by atoms with Gasteiger partial charge in [0.25, 0.3) is 0 Å². The van der Waals surface area contributed by atoms with E-state index in [0.29, 0.717) is 5.69 Å². The molecule has 2 aromatic rings. The zero-order chi connectivity index (χ0) is 17.9. The number of amides is 1. The van der Waals surface area contributed by atoms with Crippen LogP contribution in [0.15, 0.2) is 59.5 Å². The molecule has 132 valence electrons. The summed E-state index contributed by atoms with van der Waals surface area (Å²) in [6, 6.07) is 12.1. The van der Waals surface area contributed by atoms with E-state index >= 15 is 0 Å². The summed E-state index contributed by atoms with van der Waals surface area (Å²) in [5.41, 5.74) is 8.19. The third-order valence-corrected chi connectivity index (χ3v) is 4.98. The number of hydrazine groups is 2. The van der Waals surface area contributed by atoms with Crippen LogP contribution in [0.25, 0.3) is 0 Å². The molecule has 2 atom stereocenters. The second kappa shape index (κ2) is 7.25. The number of benzene rings is 2. The van der Waals surface area contributed by atoms with E-state index in [1.54, 1.807) is 18.2 Å². The molecule has 8 nitrogen and oxygen atoms in total. The fourth-order valence-electron chi connectivity index (χ4n) is 2.27. The van der Waals surface area contributed by atoms with Gasteiger partial charge in [-0.15, -0.1) is 0 Å². The van der Waals surface area contributed by atoms with Gasteiger partial charge in [-0.05, 0) is 36.4 Å². The highest BCUT2D eigenvalue weighted by molar-refractivity contribution is 7.89. The maximum Gasteiger partial charge on any atom is 0.246 e. The van der Waals surface area contributed by atoms with Gasteiger partial charge in [-0.25, -0.2) is 23.7 Å². The maximum absolute atomic E-state index is 12.9. The van der Waals surface area contributed by atoms with Crippen LogP contribution < -0.4 is 26.4 Å². The summed E-state index contributed by atoms with van der Waals surface area (Å²) in [6.07, 6.45) is -0.925.